The van der Waals surface area contributed by atoms with Gasteiger partial charge in [0.2, 0.25) is 0 Å². The molecule has 0 aliphatic heterocycles. The van der Waals surface area contributed by atoms with Crippen LogP contribution in [0.25, 0.3) is 21.7 Å². The zero-order valence-electron chi connectivity index (χ0n) is 18.1. The Hall–Kier alpha value is -4.45. The Kier molecular flexibility index (Phi) is 6.45. The van der Waals surface area contributed by atoms with Gasteiger partial charge in [-0.15, -0.1) is 0 Å². The zero-order chi connectivity index (χ0) is 23.2. The molecule has 4 aromatic carbocycles. The molecular formula is C27H23N3O3. The number of carbonyl (C=O) groups is 1. The molecule has 33 heavy (non-hydrogen) atoms. The molecule has 6 heteroatoms. The lowest BCUT2D eigenvalue weighted by atomic mass is 10.0. The van der Waals surface area contributed by atoms with Crippen molar-refractivity contribution in [2.75, 3.05) is 5.32 Å². The van der Waals surface area contributed by atoms with Crippen LogP contribution in [-0.4, -0.2) is 21.0 Å². The first-order chi connectivity index (χ1) is 16.0. The maximum atomic E-state index is 12.4. The molecule has 0 saturated carbocycles. The number of nitrogens with zero attached hydrogens (tertiary/aromatic N) is 1. The van der Waals surface area contributed by atoms with Crippen LogP contribution in [-0.2, 0) is 6.54 Å². The van der Waals surface area contributed by atoms with Gasteiger partial charge in [0.05, 0.1) is 16.5 Å². The molecule has 164 valence electrons. The number of aryl methyl sites for hydroxylation is 1. The summed E-state index contributed by atoms with van der Waals surface area (Å²) in [7, 11) is 0. The highest BCUT2D eigenvalue weighted by atomic mass is 16.4. The van der Waals surface area contributed by atoms with Gasteiger partial charge in [-0.25, -0.2) is 9.78 Å². The Bertz CT molecular complexity index is 1460. The van der Waals surface area contributed by atoms with Gasteiger partial charge in [0.25, 0.3) is 5.56 Å². The van der Waals surface area contributed by atoms with Gasteiger partial charge in [0, 0.05) is 12.2 Å². The second-order valence-corrected chi connectivity index (χ2v) is 7.56. The summed E-state index contributed by atoms with van der Waals surface area (Å²) in [5.74, 6) is -0.246. The van der Waals surface area contributed by atoms with Crippen molar-refractivity contribution in [3.8, 4) is 0 Å². The molecule has 0 unspecified atom stereocenters. The Morgan fingerprint density at radius 3 is 2.27 bits per heavy atom. The summed E-state index contributed by atoms with van der Waals surface area (Å²) in [6, 6.07) is 28.5. The van der Waals surface area contributed by atoms with Crippen molar-refractivity contribution < 1.29 is 9.90 Å². The third-order valence-electron chi connectivity index (χ3n) is 5.16. The fourth-order valence-corrected chi connectivity index (χ4v) is 3.57. The Morgan fingerprint density at radius 1 is 0.939 bits per heavy atom. The van der Waals surface area contributed by atoms with Crippen molar-refractivity contribution in [2.45, 2.75) is 13.5 Å². The molecule has 3 N–H and O–H groups in total. The number of anilines is 1. The van der Waals surface area contributed by atoms with Crippen LogP contribution in [0, 0.1) is 6.92 Å². The van der Waals surface area contributed by atoms with E-state index in [0.29, 0.717) is 23.3 Å². The smallest absolute Gasteiger partial charge is 0.335 e. The minimum atomic E-state index is -0.879. The van der Waals surface area contributed by atoms with Crippen molar-refractivity contribution in [3.05, 3.63) is 118 Å². The average Bonchev–Trinajstić information content (AvgIpc) is 2.83. The van der Waals surface area contributed by atoms with E-state index < -0.39 is 5.97 Å². The summed E-state index contributed by atoms with van der Waals surface area (Å²) >= 11 is 0. The maximum Gasteiger partial charge on any atom is 0.335 e. The molecule has 1 aromatic heterocycles. The molecule has 0 radical (unpaired) electrons. The highest BCUT2D eigenvalue weighted by Crippen LogP contribution is 2.23. The van der Waals surface area contributed by atoms with Crippen LogP contribution in [0.5, 0.6) is 0 Å². The van der Waals surface area contributed by atoms with Crippen LogP contribution in [0.3, 0.4) is 0 Å². The van der Waals surface area contributed by atoms with E-state index in [-0.39, 0.29) is 5.56 Å². The van der Waals surface area contributed by atoms with Crippen LogP contribution < -0.4 is 10.9 Å². The van der Waals surface area contributed by atoms with Crippen molar-refractivity contribution in [3.63, 3.8) is 0 Å². The van der Waals surface area contributed by atoms with Gasteiger partial charge in [-0.05, 0) is 59.7 Å². The zero-order valence-corrected chi connectivity index (χ0v) is 18.1. The molecule has 0 aliphatic carbocycles. The number of nitrogens with one attached hydrogen (secondary N) is 2. The minimum absolute atomic E-state index is 0.0868. The van der Waals surface area contributed by atoms with Crippen LogP contribution in [0.1, 0.15) is 21.7 Å². The van der Waals surface area contributed by atoms with Crippen LogP contribution >= 0.6 is 0 Å². The SMILES string of the molecule is Cc1nc2ccc3ccc(CNc4ccccc4)cc3c2c(=O)[nH]1.O=C(O)c1ccccc1. The standard InChI is InChI=1S/C20H17N3O.C7H6O2/c1-13-22-18-10-9-15-8-7-14(11-17(15)19(18)20(24)23-13)12-21-16-5-3-2-4-6-16;8-7(9)6-4-2-1-3-5-6/h2-11,21H,12H2,1H3,(H,22,23,24);1-5H,(H,8,9). The summed E-state index contributed by atoms with van der Waals surface area (Å²) in [5, 5.41) is 14.4. The van der Waals surface area contributed by atoms with E-state index in [4.69, 9.17) is 5.11 Å². The fraction of sp³-hybridized carbons (Fsp3) is 0.0741. The van der Waals surface area contributed by atoms with E-state index in [1.54, 1.807) is 37.3 Å². The molecule has 1 heterocycles. The lowest BCUT2D eigenvalue weighted by molar-refractivity contribution is 0.0697. The fourth-order valence-electron chi connectivity index (χ4n) is 3.57. The molecule has 0 fully saturated rings. The van der Waals surface area contributed by atoms with Gasteiger partial charge in [0.15, 0.2) is 0 Å². The minimum Gasteiger partial charge on any atom is -0.478 e. The maximum absolute atomic E-state index is 12.4. The summed E-state index contributed by atoms with van der Waals surface area (Å²) < 4.78 is 0. The van der Waals surface area contributed by atoms with Crippen LogP contribution in [0.15, 0.2) is 95.8 Å². The van der Waals surface area contributed by atoms with E-state index in [9.17, 15) is 9.59 Å². The number of hydrogen-bond acceptors (Lipinski definition) is 4. The van der Waals surface area contributed by atoms with E-state index in [1.807, 2.05) is 42.5 Å². The van der Waals surface area contributed by atoms with Gasteiger partial charge in [-0.3, -0.25) is 4.79 Å². The van der Waals surface area contributed by atoms with Crippen molar-refractivity contribution in [1.29, 1.82) is 0 Å². The first-order valence-corrected chi connectivity index (χ1v) is 10.5. The largest absolute Gasteiger partial charge is 0.478 e. The van der Waals surface area contributed by atoms with Gasteiger partial charge in [-0.1, -0.05) is 54.6 Å². The molecule has 0 atom stereocenters. The van der Waals surface area contributed by atoms with E-state index in [1.165, 1.54) is 0 Å². The predicted octanol–water partition coefficient (Wildman–Crippen LogP) is 5.38. The highest BCUT2D eigenvalue weighted by Gasteiger charge is 2.07. The number of fused-ring (bicyclic) bond motifs is 3. The molecule has 0 saturated heterocycles. The Labute approximate surface area is 190 Å². The quantitative estimate of drug-likeness (QED) is 0.328. The van der Waals surface area contributed by atoms with Gasteiger partial charge in [-0.2, -0.15) is 0 Å². The number of carboxylic acid groups (broad SMARTS) is 1. The number of para-hydroxylation sites is 1. The molecule has 0 aliphatic rings. The predicted molar refractivity (Wildman–Crippen MR) is 132 cm³/mol. The molecule has 5 rings (SSSR count). The van der Waals surface area contributed by atoms with Gasteiger partial charge in [0.1, 0.15) is 5.82 Å². The second-order valence-electron chi connectivity index (χ2n) is 7.56. The monoisotopic (exact) mass is 437 g/mol. The lowest BCUT2D eigenvalue weighted by Gasteiger charge is -2.09. The number of rotatable bonds is 4. The van der Waals surface area contributed by atoms with Gasteiger partial charge >= 0.3 is 5.97 Å². The second kappa shape index (κ2) is 9.78. The topological polar surface area (TPSA) is 95.1 Å². The Balaban J connectivity index is 0.000000243. The first kappa shape index (κ1) is 21.8. The van der Waals surface area contributed by atoms with Crippen molar-refractivity contribution in [1.82, 2.24) is 9.97 Å². The van der Waals surface area contributed by atoms with Crippen LogP contribution in [0.2, 0.25) is 0 Å². The van der Waals surface area contributed by atoms with Crippen molar-refractivity contribution >= 4 is 33.3 Å². The number of hydrogen-bond donors (Lipinski definition) is 3. The normalized spacial score (nSPS) is 10.5. The average molecular weight is 437 g/mol. The van der Waals surface area contributed by atoms with Gasteiger partial charge < -0.3 is 15.4 Å². The van der Waals surface area contributed by atoms with E-state index >= 15 is 0 Å². The molecule has 0 bridgehead atoms. The Morgan fingerprint density at radius 2 is 1.61 bits per heavy atom. The number of carboxylic acids is 1. The number of H-pyrrole nitrogens is 1. The number of aromatic amines is 1. The third kappa shape index (κ3) is 5.25. The third-order valence-corrected chi connectivity index (χ3v) is 5.16. The summed E-state index contributed by atoms with van der Waals surface area (Å²) in [6.07, 6.45) is 0. The van der Waals surface area contributed by atoms with E-state index in [2.05, 4.69) is 33.5 Å². The molecule has 5 aromatic rings. The van der Waals surface area contributed by atoms with Crippen molar-refractivity contribution in [2.24, 2.45) is 0 Å². The molecular weight excluding hydrogens is 414 g/mol. The first-order valence-electron chi connectivity index (χ1n) is 10.5. The summed E-state index contributed by atoms with van der Waals surface area (Å²) in [4.78, 5) is 29.8. The highest BCUT2D eigenvalue weighted by molar-refractivity contribution is 6.05. The van der Waals surface area contributed by atoms with Crippen LogP contribution in [0.4, 0.5) is 5.69 Å². The lowest BCUT2D eigenvalue weighted by Crippen LogP contribution is -2.10. The summed E-state index contributed by atoms with van der Waals surface area (Å²) in [6.45, 7) is 2.50. The number of aromatic nitrogens is 2. The summed E-state index contributed by atoms with van der Waals surface area (Å²) in [5.41, 5.74) is 3.18. The molecule has 0 amide bonds. The van der Waals surface area contributed by atoms with E-state index in [0.717, 1.165) is 27.5 Å². The number of benzene rings is 4. The molecule has 6 nitrogen and oxygen atoms in total. The number of aromatic carboxylic acids is 1. The molecule has 0 spiro atoms.